The van der Waals surface area contributed by atoms with Gasteiger partial charge in [-0.1, -0.05) is 7.96 Å². The molecule has 0 unspecified atom stereocenters. The molecule has 0 heterocycles. The molecule has 0 rings (SSSR count). The lowest BCUT2D eigenvalue weighted by Gasteiger charge is -1.69. The van der Waals surface area contributed by atoms with Gasteiger partial charge in [0.15, 0.2) is 0 Å². The molecule has 4 heavy (non-hydrogen) atoms. The summed E-state index contributed by atoms with van der Waals surface area (Å²) in [6.07, 6.45) is 4.10. The Kier molecular flexibility index (Phi) is 1.38. The molecule has 0 aromatic rings. The molecule has 0 radical (unpaired) electrons. The Hall–Kier alpha value is 0.650. The lowest BCUT2D eigenvalue weighted by molar-refractivity contribution is 2.35. The van der Waals surface area contributed by atoms with Crippen molar-refractivity contribution in [1.29, 1.82) is 1.28 Å². The monoisotopic (exact) mass is 95.0 g/mol. The molecule has 2 heteroatoms. The normalized spacial score (nSPS) is 13.2. The first-order valence-corrected chi connectivity index (χ1v) is 4.09. The van der Waals surface area contributed by atoms with E-state index in [1.54, 1.807) is 0 Å². The minimum absolute atomic E-state index is 0.316. The second-order valence-electron chi connectivity index (χ2n) is 0.773. The molecule has 0 spiro atoms. The average Bonchev–Trinajstić information content (AvgIpc) is 1.38. The van der Waals surface area contributed by atoms with Gasteiger partial charge in [-0.2, -0.15) is 10.1 Å². The third-order valence-electron chi connectivity index (χ3n) is 0. The van der Waals surface area contributed by atoms with Crippen LogP contribution in [0.1, 0.15) is 0 Å². The van der Waals surface area contributed by atoms with Gasteiger partial charge in [0.2, 0.25) is 0 Å². The van der Waals surface area contributed by atoms with Gasteiger partial charge in [0.1, 0.15) is 0 Å². The molecule has 0 saturated heterocycles. The predicted molar refractivity (Wildman–Crippen MR) is 27.5 cm³/mol. The summed E-state index contributed by atoms with van der Waals surface area (Å²) in [5.41, 5.74) is 0. The second-order valence-corrected chi connectivity index (χ2v) is 4.51. The first-order chi connectivity index (χ1) is 2.27. The van der Waals surface area contributed by atoms with Gasteiger partial charge in [-0.05, 0) is 12.5 Å². The SMILES string of the molecule is [2H]P=S(C)C. The summed E-state index contributed by atoms with van der Waals surface area (Å²) >= 11 is 0. The molecule has 0 fully saturated rings. The van der Waals surface area contributed by atoms with E-state index in [0.717, 1.165) is 7.96 Å². The van der Waals surface area contributed by atoms with Crippen LogP contribution in [0, 0.1) is 0 Å². The second kappa shape index (κ2) is 1.92. The van der Waals surface area contributed by atoms with E-state index in [1.165, 1.54) is 0 Å². The summed E-state index contributed by atoms with van der Waals surface area (Å²) in [6.45, 7) is 0. The van der Waals surface area contributed by atoms with E-state index in [9.17, 15) is 0 Å². The van der Waals surface area contributed by atoms with Crippen molar-refractivity contribution in [2.24, 2.45) is 0 Å². The quantitative estimate of drug-likeness (QED) is 0.392. The van der Waals surface area contributed by atoms with Crippen LogP contribution in [0.4, 0.5) is 0 Å². The zero-order chi connectivity index (χ0) is 4.28. The van der Waals surface area contributed by atoms with Crippen LogP contribution in [0.15, 0.2) is 0 Å². The Bertz CT molecular complexity index is 47.6. The number of rotatable bonds is 0. The first-order valence-electron chi connectivity index (χ1n) is 1.45. The summed E-state index contributed by atoms with van der Waals surface area (Å²) in [7, 11) is 1.09. The van der Waals surface area contributed by atoms with E-state index in [1.807, 2.05) is 0 Å². The van der Waals surface area contributed by atoms with E-state index >= 15 is 0 Å². The molecule has 0 nitrogen and oxygen atoms in total. The molecule has 0 bridgehead atoms. The van der Waals surface area contributed by atoms with Crippen molar-refractivity contribution in [2.45, 2.75) is 0 Å². The van der Waals surface area contributed by atoms with Crippen molar-refractivity contribution in [3.8, 4) is 0 Å². The molecule has 0 aliphatic carbocycles. The van der Waals surface area contributed by atoms with Crippen LogP contribution in [0.5, 0.6) is 0 Å². The van der Waals surface area contributed by atoms with E-state index in [-0.39, 0.29) is 0 Å². The van der Waals surface area contributed by atoms with Crippen LogP contribution < -0.4 is 0 Å². The standard InChI is InChI=1S/C2H7PS/c1-4(2)3/h3H,1-2H3/i3D. The maximum atomic E-state index is 6.64. The maximum Gasteiger partial charge on any atom is 0.0992 e. The van der Waals surface area contributed by atoms with Gasteiger partial charge in [0, 0.05) is 0 Å². The summed E-state index contributed by atoms with van der Waals surface area (Å²) in [5, 5.41) is 0. The number of hydrogen-bond acceptors (Lipinski definition) is 0. The lowest BCUT2D eigenvalue weighted by Crippen LogP contribution is -1.62. The third kappa shape index (κ3) is 17.1. The Morgan fingerprint density at radius 2 is 2.25 bits per heavy atom. The average molecular weight is 95.1 g/mol. The van der Waals surface area contributed by atoms with Crippen LogP contribution in [0.2, 0.25) is 0 Å². The zero-order valence-electron chi connectivity index (χ0n) is 3.86. The van der Waals surface area contributed by atoms with Crippen molar-refractivity contribution in [3.05, 3.63) is 0 Å². The van der Waals surface area contributed by atoms with Crippen LogP contribution >= 0.6 is 7.96 Å². The Morgan fingerprint density at radius 1 is 2.00 bits per heavy atom. The molecule has 0 aliphatic rings. The van der Waals surface area contributed by atoms with Crippen molar-refractivity contribution >= 4 is 18.0 Å². The van der Waals surface area contributed by atoms with Crippen LogP contribution in [-0.4, -0.2) is 13.8 Å². The summed E-state index contributed by atoms with van der Waals surface area (Å²) in [6, 6.07) is 0. The molecule has 26 valence electrons. The molecule has 0 aliphatic heterocycles. The highest BCUT2D eigenvalue weighted by molar-refractivity contribution is 8.14. The Balaban J connectivity index is 3.14. The number of hydrogen-bond donors (Lipinski definition) is 0. The van der Waals surface area contributed by atoms with Crippen LogP contribution in [-0.2, 0) is 10.1 Å². The molecular weight excluding hydrogens is 87.1 g/mol. The smallest absolute Gasteiger partial charge is 0.0992 e. The van der Waals surface area contributed by atoms with Crippen molar-refractivity contribution in [1.82, 2.24) is 0 Å². The highest BCUT2D eigenvalue weighted by Crippen LogP contribution is 1.68. The van der Waals surface area contributed by atoms with Gasteiger partial charge in [-0.15, -0.1) is 0 Å². The van der Waals surface area contributed by atoms with E-state index in [2.05, 4.69) is 12.5 Å². The molecule has 0 amide bonds. The van der Waals surface area contributed by atoms with Crippen LogP contribution in [0.3, 0.4) is 0 Å². The largest absolute Gasteiger partial charge is 0.172 e. The van der Waals surface area contributed by atoms with Gasteiger partial charge >= 0.3 is 0 Å². The summed E-state index contributed by atoms with van der Waals surface area (Å²) in [4.78, 5) is 0. The Morgan fingerprint density at radius 3 is 2.25 bits per heavy atom. The third-order valence-corrected chi connectivity index (χ3v) is 0. The summed E-state index contributed by atoms with van der Waals surface area (Å²) < 4.78 is 6.64. The predicted octanol–water partition coefficient (Wildman–Crippen LogP) is 0.922. The lowest BCUT2D eigenvalue weighted by atomic mass is 11.9. The molecule has 0 aromatic heterocycles. The molecule has 0 saturated carbocycles. The van der Waals surface area contributed by atoms with Gasteiger partial charge < -0.3 is 0 Å². The highest BCUT2D eigenvalue weighted by atomic mass is 32.5. The van der Waals surface area contributed by atoms with Crippen LogP contribution in [0.25, 0.3) is 0 Å². The maximum absolute atomic E-state index is 6.64. The Labute approximate surface area is 32.7 Å². The van der Waals surface area contributed by atoms with Crippen molar-refractivity contribution < 1.29 is 0 Å². The minimum atomic E-state index is 0.316. The zero-order valence-corrected chi connectivity index (χ0v) is 4.57. The fourth-order valence-electron chi connectivity index (χ4n) is 0. The van der Waals surface area contributed by atoms with E-state index in [4.69, 9.17) is 1.28 Å². The van der Waals surface area contributed by atoms with Gasteiger partial charge in [0.25, 0.3) is 0 Å². The highest BCUT2D eigenvalue weighted by Gasteiger charge is 1.48. The molecule has 0 atom stereocenters. The fourth-order valence-corrected chi connectivity index (χ4v) is 0. The van der Waals surface area contributed by atoms with E-state index < -0.39 is 0 Å². The fraction of sp³-hybridized carbons (Fsp3) is 1.00. The van der Waals surface area contributed by atoms with Gasteiger partial charge in [-0.3, -0.25) is 0 Å². The molecular formula is C2H7PS. The van der Waals surface area contributed by atoms with Gasteiger partial charge in [-0.25, -0.2) is 0 Å². The molecule has 0 aromatic carbocycles. The summed E-state index contributed by atoms with van der Waals surface area (Å²) in [5.74, 6) is 0. The van der Waals surface area contributed by atoms with Crippen molar-refractivity contribution in [2.75, 3.05) is 12.5 Å². The first kappa shape index (κ1) is 2.87. The minimum Gasteiger partial charge on any atom is -0.172 e. The molecule has 0 N–H and O–H groups in total. The topological polar surface area (TPSA) is 0 Å². The van der Waals surface area contributed by atoms with Gasteiger partial charge in [0.05, 0.1) is 1.28 Å². The van der Waals surface area contributed by atoms with E-state index in [0.29, 0.717) is 10.1 Å². The van der Waals surface area contributed by atoms with Crippen molar-refractivity contribution in [3.63, 3.8) is 0 Å².